The van der Waals surface area contributed by atoms with E-state index in [-0.39, 0.29) is 11.8 Å². The van der Waals surface area contributed by atoms with Crippen LogP contribution >= 0.6 is 27.3 Å². The molecule has 0 atom stereocenters. The summed E-state index contributed by atoms with van der Waals surface area (Å²) in [5, 5.41) is 12.4. The number of halogens is 1. The van der Waals surface area contributed by atoms with E-state index in [1.807, 2.05) is 19.9 Å². The number of thiophene rings is 1. The van der Waals surface area contributed by atoms with Crippen molar-refractivity contribution in [1.29, 1.82) is 0 Å². The van der Waals surface area contributed by atoms with Gasteiger partial charge in [0.2, 0.25) is 0 Å². The lowest BCUT2D eigenvalue weighted by Crippen LogP contribution is -2.17. The van der Waals surface area contributed by atoms with Gasteiger partial charge in [-0.05, 0) is 56.6 Å². The first-order valence-electron chi connectivity index (χ1n) is 6.25. The standard InChI is InChI=1S/C15H17BrO2S/c1-15(2,8-13(17)18)7-6-10-9-19-14-11(10)4-3-5-12(14)16/h3-5,9H,6-8H2,1-2H3,(H,17,18). The highest BCUT2D eigenvalue weighted by Crippen LogP contribution is 2.35. The minimum Gasteiger partial charge on any atom is -0.481 e. The van der Waals surface area contributed by atoms with E-state index in [9.17, 15) is 4.79 Å². The number of rotatable bonds is 5. The Bertz CT molecular complexity index is 601. The second-order valence-electron chi connectivity index (χ2n) is 5.61. The third kappa shape index (κ3) is 3.57. The van der Waals surface area contributed by atoms with Gasteiger partial charge in [-0.15, -0.1) is 11.3 Å². The maximum atomic E-state index is 10.8. The van der Waals surface area contributed by atoms with Gasteiger partial charge >= 0.3 is 5.97 Å². The molecule has 0 spiro atoms. The number of hydrogen-bond acceptors (Lipinski definition) is 2. The zero-order valence-electron chi connectivity index (χ0n) is 11.1. The zero-order chi connectivity index (χ0) is 14.0. The van der Waals surface area contributed by atoms with E-state index in [0.29, 0.717) is 0 Å². The molecule has 0 aliphatic rings. The molecule has 1 heterocycles. The highest BCUT2D eigenvalue weighted by atomic mass is 79.9. The maximum Gasteiger partial charge on any atom is 0.303 e. The molecule has 4 heteroatoms. The summed E-state index contributed by atoms with van der Waals surface area (Å²) in [6.07, 6.45) is 2.03. The van der Waals surface area contributed by atoms with E-state index in [1.54, 1.807) is 11.3 Å². The molecule has 2 aromatic rings. The minimum atomic E-state index is -0.720. The highest BCUT2D eigenvalue weighted by Gasteiger charge is 2.22. The average Bonchev–Trinajstić information content (AvgIpc) is 2.69. The van der Waals surface area contributed by atoms with Crippen molar-refractivity contribution in [2.45, 2.75) is 33.1 Å². The molecule has 102 valence electrons. The molecular weight excluding hydrogens is 324 g/mol. The van der Waals surface area contributed by atoms with Gasteiger partial charge in [0.15, 0.2) is 0 Å². The van der Waals surface area contributed by atoms with Crippen LogP contribution in [0.2, 0.25) is 0 Å². The fraction of sp³-hybridized carbons (Fsp3) is 0.400. The van der Waals surface area contributed by atoms with Crippen molar-refractivity contribution in [2.24, 2.45) is 5.41 Å². The first-order valence-corrected chi connectivity index (χ1v) is 7.93. The van der Waals surface area contributed by atoms with Crippen LogP contribution in [0.4, 0.5) is 0 Å². The Hall–Kier alpha value is -0.870. The van der Waals surface area contributed by atoms with Crippen molar-refractivity contribution in [3.05, 3.63) is 33.6 Å². The number of carbonyl (C=O) groups is 1. The van der Waals surface area contributed by atoms with Gasteiger partial charge in [0.05, 0.1) is 6.42 Å². The minimum absolute atomic E-state index is 0.161. The van der Waals surface area contributed by atoms with E-state index in [1.165, 1.54) is 15.6 Å². The third-order valence-corrected chi connectivity index (χ3v) is 5.33. The van der Waals surface area contributed by atoms with Crippen LogP contribution < -0.4 is 0 Å². The van der Waals surface area contributed by atoms with E-state index >= 15 is 0 Å². The van der Waals surface area contributed by atoms with E-state index < -0.39 is 5.97 Å². The lowest BCUT2D eigenvalue weighted by atomic mass is 9.83. The molecular formula is C15H17BrO2S. The van der Waals surface area contributed by atoms with Gasteiger partial charge in [-0.2, -0.15) is 0 Å². The number of fused-ring (bicyclic) bond motifs is 1. The molecule has 0 saturated heterocycles. The van der Waals surface area contributed by atoms with Crippen LogP contribution in [0, 0.1) is 5.41 Å². The first kappa shape index (κ1) is 14.5. The number of carboxylic acids is 1. The van der Waals surface area contributed by atoms with Gasteiger partial charge in [-0.1, -0.05) is 26.0 Å². The Kier molecular flexibility index (Phi) is 4.31. The highest BCUT2D eigenvalue weighted by molar-refractivity contribution is 9.10. The van der Waals surface area contributed by atoms with Crippen LogP contribution in [-0.4, -0.2) is 11.1 Å². The summed E-state index contributed by atoms with van der Waals surface area (Å²) in [7, 11) is 0. The first-order chi connectivity index (χ1) is 8.89. The largest absolute Gasteiger partial charge is 0.481 e. The molecule has 19 heavy (non-hydrogen) atoms. The summed E-state index contributed by atoms with van der Waals surface area (Å²) < 4.78 is 2.40. The molecule has 2 nitrogen and oxygen atoms in total. The number of carboxylic acid groups (broad SMARTS) is 1. The Morgan fingerprint density at radius 2 is 2.16 bits per heavy atom. The van der Waals surface area contributed by atoms with Gasteiger partial charge < -0.3 is 5.11 Å². The zero-order valence-corrected chi connectivity index (χ0v) is 13.5. The van der Waals surface area contributed by atoms with E-state index in [2.05, 4.69) is 33.4 Å². The Morgan fingerprint density at radius 1 is 1.42 bits per heavy atom. The molecule has 0 fully saturated rings. The lowest BCUT2D eigenvalue weighted by Gasteiger charge is -2.21. The number of aliphatic carboxylic acids is 1. The number of aryl methyl sites for hydroxylation is 1. The molecule has 0 bridgehead atoms. The van der Waals surface area contributed by atoms with Crippen LogP contribution in [-0.2, 0) is 11.2 Å². The van der Waals surface area contributed by atoms with Crippen molar-refractivity contribution in [3.8, 4) is 0 Å². The number of benzene rings is 1. The van der Waals surface area contributed by atoms with Crippen LogP contribution in [0.3, 0.4) is 0 Å². The molecule has 0 saturated carbocycles. The molecule has 0 aliphatic heterocycles. The summed E-state index contributed by atoms with van der Waals surface area (Å²) in [5.41, 5.74) is 1.16. The quantitative estimate of drug-likeness (QED) is 0.822. The molecule has 1 aromatic carbocycles. The van der Waals surface area contributed by atoms with E-state index in [4.69, 9.17) is 5.11 Å². The van der Waals surface area contributed by atoms with Crippen molar-refractivity contribution >= 4 is 43.3 Å². The SMILES string of the molecule is CC(C)(CCc1csc2c(Br)cccc12)CC(=O)O. The second kappa shape index (κ2) is 5.63. The van der Waals surface area contributed by atoms with E-state index in [0.717, 1.165) is 17.3 Å². The Morgan fingerprint density at radius 3 is 2.84 bits per heavy atom. The summed E-state index contributed by atoms with van der Waals surface area (Å²) in [6, 6.07) is 6.23. The fourth-order valence-corrected chi connectivity index (χ4v) is 3.90. The molecule has 0 radical (unpaired) electrons. The summed E-state index contributed by atoms with van der Waals surface area (Å²) in [5.74, 6) is -0.720. The van der Waals surface area contributed by atoms with Crippen molar-refractivity contribution in [3.63, 3.8) is 0 Å². The third-order valence-electron chi connectivity index (χ3n) is 3.33. The monoisotopic (exact) mass is 340 g/mol. The molecule has 1 aromatic heterocycles. The van der Waals surface area contributed by atoms with Gasteiger partial charge in [0, 0.05) is 9.17 Å². The molecule has 2 rings (SSSR count). The van der Waals surface area contributed by atoms with Gasteiger partial charge in [-0.25, -0.2) is 0 Å². The van der Waals surface area contributed by atoms with Crippen LogP contribution in [0.5, 0.6) is 0 Å². The lowest BCUT2D eigenvalue weighted by molar-refractivity contribution is -0.139. The van der Waals surface area contributed by atoms with Crippen molar-refractivity contribution in [1.82, 2.24) is 0 Å². The molecule has 0 unspecified atom stereocenters. The normalized spacial score (nSPS) is 11.9. The predicted octanol–water partition coefficient (Wildman–Crippen LogP) is 5.10. The summed E-state index contributed by atoms with van der Waals surface area (Å²) in [6.45, 7) is 4.04. The Balaban J connectivity index is 2.14. The molecule has 0 amide bonds. The van der Waals surface area contributed by atoms with Gasteiger partial charge in [0.25, 0.3) is 0 Å². The van der Waals surface area contributed by atoms with Crippen LogP contribution in [0.1, 0.15) is 32.3 Å². The topological polar surface area (TPSA) is 37.3 Å². The predicted molar refractivity (Wildman–Crippen MR) is 83.9 cm³/mol. The summed E-state index contributed by atoms with van der Waals surface area (Å²) in [4.78, 5) is 10.8. The maximum absolute atomic E-state index is 10.8. The van der Waals surface area contributed by atoms with Crippen LogP contribution in [0.25, 0.3) is 10.1 Å². The Labute approximate surface area is 125 Å². The molecule has 0 aliphatic carbocycles. The van der Waals surface area contributed by atoms with Gasteiger partial charge in [-0.3, -0.25) is 4.79 Å². The van der Waals surface area contributed by atoms with Crippen molar-refractivity contribution in [2.75, 3.05) is 0 Å². The second-order valence-corrected chi connectivity index (χ2v) is 7.35. The van der Waals surface area contributed by atoms with Gasteiger partial charge in [0.1, 0.15) is 0 Å². The summed E-state index contributed by atoms with van der Waals surface area (Å²) >= 11 is 5.31. The number of hydrogen-bond donors (Lipinski definition) is 1. The molecule has 1 N–H and O–H groups in total. The van der Waals surface area contributed by atoms with Crippen LogP contribution in [0.15, 0.2) is 28.1 Å². The fourth-order valence-electron chi connectivity index (χ4n) is 2.24. The van der Waals surface area contributed by atoms with Crippen molar-refractivity contribution < 1.29 is 9.90 Å². The average molecular weight is 341 g/mol. The smallest absolute Gasteiger partial charge is 0.303 e.